The second kappa shape index (κ2) is 9.32. The molecule has 0 bridgehead atoms. The summed E-state index contributed by atoms with van der Waals surface area (Å²) in [4.78, 5) is 24.3. The number of hydrogen-bond donors (Lipinski definition) is 1. The highest BCUT2D eigenvalue weighted by Gasteiger charge is 2.20. The zero-order valence-electron chi connectivity index (χ0n) is 15.5. The molecule has 0 saturated carbocycles. The standard InChI is InChI=1S/C21H22FNO5/c1-14(20(24)23-17-8-6-16(22)7-9-17)28-21(25)15-4-10-18(11-5-15)27-13-19-3-2-12-26-19/h4-11,14,19H,2-3,12-13H2,1H3,(H,23,24)/t14-,19-/m0/s1. The van der Waals surface area contributed by atoms with Crippen LogP contribution in [0.15, 0.2) is 48.5 Å². The maximum absolute atomic E-state index is 12.9. The number of ether oxygens (including phenoxy) is 3. The molecule has 148 valence electrons. The summed E-state index contributed by atoms with van der Waals surface area (Å²) in [6.45, 7) is 2.71. The zero-order valence-corrected chi connectivity index (χ0v) is 15.5. The highest BCUT2D eigenvalue weighted by molar-refractivity contribution is 5.97. The molecule has 28 heavy (non-hydrogen) atoms. The van der Waals surface area contributed by atoms with Crippen molar-refractivity contribution in [2.75, 3.05) is 18.5 Å². The van der Waals surface area contributed by atoms with Crippen LogP contribution in [-0.2, 0) is 14.3 Å². The van der Waals surface area contributed by atoms with Crippen molar-refractivity contribution in [3.63, 3.8) is 0 Å². The molecule has 1 N–H and O–H groups in total. The van der Waals surface area contributed by atoms with Crippen LogP contribution >= 0.6 is 0 Å². The average molecular weight is 387 g/mol. The Labute approximate surface area is 162 Å². The van der Waals surface area contributed by atoms with Gasteiger partial charge in [-0.1, -0.05) is 0 Å². The maximum Gasteiger partial charge on any atom is 0.338 e. The van der Waals surface area contributed by atoms with E-state index < -0.39 is 23.8 Å². The van der Waals surface area contributed by atoms with Crippen LogP contribution in [0.3, 0.4) is 0 Å². The van der Waals surface area contributed by atoms with E-state index in [9.17, 15) is 14.0 Å². The molecule has 1 fully saturated rings. The molecule has 0 unspecified atom stereocenters. The third kappa shape index (κ3) is 5.53. The zero-order chi connectivity index (χ0) is 19.9. The summed E-state index contributed by atoms with van der Waals surface area (Å²) >= 11 is 0. The van der Waals surface area contributed by atoms with E-state index in [1.165, 1.54) is 31.2 Å². The molecule has 7 heteroatoms. The van der Waals surface area contributed by atoms with Gasteiger partial charge in [0.25, 0.3) is 5.91 Å². The summed E-state index contributed by atoms with van der Waals surface area (Å²) in [6, 6.07) is 11.8. The number of nitrogens with one attached hydrogen (secondary N) is 1. The second-order valence-corrected chi connectivity index (χ2v) is 6.51. The lowest BCUT2D eigenvalue weighted by atomic mass is 10.2. The van der Waals surface area contributed by atoms with Crippen molar-refractivity contribution in [3.05, 3.63) is 59.9 Å². The number of rotatable bonds is 7. The van der Waals surface area contributed by atoms with Gasteiger partial charge in [-0.2, -0.15) is 0 Å². The van der Waals surface area contributed by atoms with Crippen molar-refractivity contribution in [2.45, 2.75) is 32.0 Å². The van der Waals surface area contributed by atoms with Crippen LogP contribution in [0.1, 0.15) is 30.1 Å². The minimum absolute atomic E-state index is 0.116. The van der Waals surface area contributed by atoms with Crippen LogP contribution < -0.4 is 10.1 Å². The fourth-order valence-electron chi connectivity index (χ4n) is 2.71. The quantitative estimate of drug-likeness (QED) is 0.736. The third-order valence-corrected chi connectivity index (χ3v) is 4.31. The lowest BCUT2D eigenvalue weighted by molar-refractivity contribution is -0.123. The van der Waals surface area contributed by atoms with E-state index in [-0.39, 0.29) is 6.10 Å². The van der Waals surface area contributed by atoms with Crippen LogP contribution in [0.5, 0.6) is 5.75 Å². The Hall–Kier alpha value is -2.93. The number of hydrogen-bond acceptors (Lipinski definition) is 5. The van der Waals surface area contributed by atoms with Gasteiger partial charge < -0.3 is 19.5 Å². The Bertz CT molecular complexity index is 801. The van der Waals surface area contributed by atoms with E-state index in [0.29, 0.717) is 23.6 Å². The molecule has 1 heterocycles. The van der Waals surface area contributed by atoms with Crippen molar-refractivity contribution in [1.82, 2.24) is 0 Å². The molecule has 0 radical (unpaired) electrons. The van der Waals surface area contributed by atoms with E-state index in [2.05, 4.69) is 5.32 Å². The van der Waals surface area contributed by atoms with Gasteiger partial charge in [0.15, 0.2) is 6.10 Å². The van der Waals surface area contributed by atoms with Crippen LogP contribution in [0.2, 0.25) is 0 Å². The minimum atomic E-state index is -1.01. The summed E-state index contributed by atoms with van der Waals surface area (Å²) in [5.41, 5.74) is 0.730. The summed E-state index contributed by atoms with van der Waals surface area (Å²) in [5.74, 6) is -0.890. The van der Waals surface area contributed by atoms with Crippen molar-refractivity contribution in [1.29, 1.82) is 0 Å². The number of halogens is 1. The van der Waals surface area contributed by atoms with E-state index in [1.807, 2.05) is 0 Å². The Morgan fingerprint density at radius 1 is 1.18 bits per heavy atom. The Balaban J connectivity index is 1.48. The van der Waals surface area contributed by atoms with Gasteiger partial charge in [0.2, 0.25) is 0 Å². The van der Waals surface area contributed by atoms with Gasteiger partial charge in [-0.15, -0.1) is 0 Å². The molecule has 0 aliphatic carbocycles. The first kappa shape index (κ1) is 19.8. The largest absolute Gasteiger partial charge is 0.491 e. The molecule has 0 spiro atoms. The Kier molecular flexibility index (Phi) is 6.60. The number of esters is 1. The number of carbonyl (C=O) groups is 2. The topological polar surface area (TPSA) is 73.9 Å². The van der Waals surface area contributed by atoms with Crippen molar-refractivity contribution in [2.24, 2.45) is 0 Å². The smallest absolute Gasteiger partial charge is 0.338 e. The van der Waals surface area contributed by atoms with Crippen LogP contribution in [-0.4, -0.2) is 37.3 Å². The highest BCUT2D eigenvalue weighted by atomic mass is 19.1. The van der Waals surface area contributed by atoms with Gasteiger partial charge in [0.1, 0.15) is 18.2 Å². The Morgan fingerprint density at radius 3 is 2.54 bits per heavy atom. The summed E-state index contributed by atoms with van der Waals surface area (Å²) in [6.07, 6.45) is 1.15. The molecular weight excluding hydrogens is 365 g/mol. The van der Waals surface area contributed by atoms with Gasteiger partial charge in [-0.05, 0) is 68.3 Å². The molecule has 0 aromatic heterocycles. The van der Waals surface area contributed by atoms with Crippen LogP contribution in [0, 0.1) is 5.82 Å². The van der Waals surface area contributed by atoms with E-state index in [4.69, 9.17) is 14.2 Å². The predicted molar refractivity (Wildman–Crippen MR) is 101 cm³/mol. The monoisotopic (exact) mass is 387 g/mol. The minimum Gasteiger partial charge on any atom is -0.491 e. The number of benzene rings is 2. The second-order valence-electron chi connectivity index (χ2n) is 6.51. The molecule has 1 amide bonds. The summed E-state index contributed by atoms with van der Waals surface area (Å²) in [7, 11) is 0. The summed E-state index contributed by atoms with van der Waals surface area (Å²) < 4.78 is 29.2. The summed E-state index contributed by atoms with van der Waals surface area (Å²) in [5, 5.41) is 2.56. The number of amides is 1. The lowest BCUT2D eigenvalue weighted by Crippen LogP contribution is -2.30. The lowest BCUT2D eigenvalue weighted by Gasteiger charge is -2.14. The maximum atomic E-state index is 12.9. The molecular formula is C21H22FNO5. The molecule has 3 rings (SSSR count). The fraction of sp³-hybridized carbons (Fsp3) is 0.333. The first-order valence-corrected chi connectivity index (χ1v) is 9.13. The Morgan fingerprint density at radius 2 is 1.89 bits per heavy atom. The van der Waals surface area contributed by atoms with E-state index in [1.54, 1.807) is 24.3 Å². The third-order valence-electron chi connectivity index (χ3n) is 4.31. The molecule has 2 aromatic carbocycles. The highest BCUT2D eigenvalue weighted by Crippen LogP contribution is 2.17. The van der Waals surface area contributed by atoms with Crippen molar-refractivity contribution < 1.29 is 28.2 Å². The first-order valence-electron chi connectivity index (χ1n) is 9.13. The molecule has 1 aliphatic heterocycles. The van der Waals surface area contributed by atoms with Gasteiger partial charge in [-0.3, -0.25) is 4.79 Å². The van der Waals surface area contributed by atoms with E-state index >= 15 is 0 Å². The van der Waals surface area contributed by atoms with Gasteiger partial charge in [0.05, 0.1) is 11.7 Å². The fourth-order valence-corrected chi connectivity index (χ4v) is 2.71. The molecule has 6 nitrogen and oxygen atoms in total. The van der Waals surface area contributed by atoms with Crippen LogP contribution in [0.25, 0.3) is 0 Å². The first-order chi connectivity index (χ1) is 13.5. The molecule has 2 aromatic rings. The van der Waals surface area contributed by atoms with Gasteiger partial charge in [0, 0.05) is 12.3 Å². The SMILES string of the molecule is C[C@H](OC(=O)c1ccc(OC[C@@H]2CCCO2)cc1)C(=O)Nc1ccc(F)cc1. The van der Waals surface area contributed by atoms with Crippen molar-refractivity contribution >= 4 is 17.6 Å². The van der Waals surface area contributed by atoms with Gasteiger partial charge in [-0.25, -0.2) is 9.18 Å². The molecule has 2 atom stereocenters. The van der Waals surface area contributed by atoms with Gasteiger partial charge >= 0.3 is 5.97 Å². The predicted octanol–water partition coefficient (Wildman–Crippen LogP) is 3.57. The number of carbonyl (C=O) groups excluding carboxylic acids is 2. The van der Waals surface area contributed by atoms with Crippen molar-refractivity contribution in [3.8, 4) is 5.75 Å². The average Bonchev–Trinajstić information content (AvgIpc) is 3.22. The van der Waals surface area contributed by atoms with E-state index in [0.717, 1.165) is 19.4 Å². The molecule has 1 saturated heterocycles. The normalized spacial score (nSPS) is 17.0. The number of anilines is 1. The molecule has 1 aliphatic rings. The van der Waals surface area contributed by atoms with Crippen LogP contribution in [0.4, 0.5) is 10.1 Å².